The van der Waals surface area contributed by atoms with Crippen LogP contribution in [0, 0.1) is 0 Å². The SMILES string of the molecule is O=C(CNS(=O)(=O)c1ccc(Br)cc1)Nc1cc(Cl)c(Cl)cc1Cl. The molecule has 10 heteroatoms. The summed E-state index contributed by atoms with van der Waals surface area (Å²) in [6, 6.07) is 8.77. The van der Waals surface area contributed by atoms with Gasteiger partial charge in [0.25, 0.3) is 0 Å². The van der Waals surface area contributed by atoms with Crippen molar-refractivity contribution in [2.45, 2.75) is 4.90 Å². The number of rotatable bonds is 5. The highest BCUT2D eigenvalue weighted by molar-refractivity contribution is 9.10. The second kappa shape index (κ2) is 8.03. The second-order valence-corrected chi connectivity index (χ2v) is 8.48. The maximum absolute atomic E-state index is 12.1. The van der Waals surface area contributed by atoms with Gasteiger partial charge in [0.1, 0.15) is 0 Å². The van der Waals surface area contributed by atoms with Crippen LogP contribution in [0.15, 0.2) is 45.8 Å². The second-order valence-electron chi connectivity index (χ2n) is 4.57. The highest BCUT2D eigenvalue weighted by Crippen LogP contribution is 2.32. The fourth-order valence-corrected chi connectivity index (χ4v) is 3.51. The molecule has 0 spiro atoms. The van der Waals surface area contributed by atoms with E-state index in [1.54, 1.807) is 12.1 Å². The van der Waals surface area contributed by atoms with Gasteiger partial charge in [-0.2, -0.15) is 0 Å². The largest absolute Gasteiger partial charge is 0.324 e. The van der Waals surface area contributed by atoms with Crippen molar-refractivity contribution in [3.05, 3.63) is 55.9 Å². The maximum atomic E-state index is 12.1. The van der Waals surface area contributed by atoms with Crippen LogP contribution in [0.4, 0.5) is 5.69 Å². The van der Waals surface area contributed by atoms with Crippen molar-refractivity contribution in [3.63, 3.8) is 0 Å². The predicted molar refractivity (Wildman–Crippen MR) is 99.4 cm³/mol. The molecule has 2 aromatic rings. The summed E-state index contributed by atoms with van der Waals surface area (Å²) < 4.78 is 27.1. The zero-order valence-electron chi connectivity index (χ0n) is 11.8. The number of hydrogen-bond acceptors (Lipinski definition) is 3. The summed E-state index contributed by atoms with van der Waals surface area (Å²) >= 11 is 20.8. The van der Waals surface area contributed by atoms with Gasteiger partial charge in [-0.3, -0.25) is 4.79 Å². The Labute approximate surface area is 162 Å². The van der Waals surface area contributed by atoms with Crippen LogP contribution >= 0.6 is 50.7 Å². The molecule has 0 aliphatic heterocycles. The van der Waals surface area contributed by atoms with Crippen LogP contribution in [0.1, 0.15) is 0 Å². The molecule has 0 fully saturated rings. The molecule has 0 saturated carbocycles. The smallest absolute Gasteiger partial charge is 0.241 e. The molecule has 0 unspecified atom stereocenters. The molecule has 0 atom stereocenters. The summed E-state index contributed by atoms with van der Waals surface area (Å²) in [6.07, 6.45) is 0. The third-order valence-electron chi connectivity index (χ3n) is 2.83. The topological polar surface area (TPSA) is 75.3 Å². The first-order valence-corrected chi connectivity index (χ1v) is 9.79. The zero-order chi connectivity index (χ0) is 17.9. The fourth-order valence-electron chi connectivity index (χ4n) is 1.67. The number of hydrogen-bond donors (Lipinski definition) is 2. The number of nitrogens with one attached hydrogen (secondary N) is 2. The summed E-state index contributed by atoms with van der Waals surface area (Å²) in [6.45, 7) is -0.463. The van der Waals surface area contributed by atoms with Gasteiger partial charge in [0, 0.05) is 4.47 Å². The van der Waals surface area contributed by atoms with Gasteiger partial charge in [-0.05, 0) is 36.4 Å². The average molecular weight is 473 g/mol. The lowest BCUT2D eigenvalue weighted by atomic mass is 10.3. The van der Waals surface area contributed by atoms with Gasteiger partial charge >= 0.3 is 0 Å². The highest BCUT2D eigenvalue weighted by atomic mass is 79.9. The molecule has 0 aliphatic carbocycles. The number of anilines is 1. The van der Waals surface area contributed by atoms with Crippen LogP contribution < -0.4 is 10.0 Å². The van der Waals surface area contributed by atoms with Crippen molar-refractivity contribution in [2.24, 2.45) is 0 Å². The lowest BCUT2D eigenvalue weighted by molar-refractivity contribution is -0.115. The number of halogens is 4. The van der Waals surface area contributed by atoms with E-state index in [1.165, 1.54) is 24.3 Å². The standard InChI is InChI=1S/C14H10BrCl3N2O3S/c15-8-1-3-9(4-2-8)24(22,23)19-7-14(21)20-13-6-11(17)10(16)5-12(13)18/h1-6,19H,7H2,(H,20,21). The Hall–Kier alpha value is -0.830. The van der Waals surface area contributed by atoms with Crippen molar-refractivity contribution in [1.82, 2.24) is 4.72 Å². The minimum Gasteiger partial charge on any atom is -0.324 e. The Kier molecular flexibility index (Phi) is 6.52. The number of amides is 1. The van der Waals surface area contributed by atoms with E-state index in [4.69, 9.17) is 34.8 Å². The Bertz CT molecular complexity index is 874. The summed E-state index contributed by atoms with van der Waals surface area (Å²) in [7, 11) is -3.80. The quantitative estimate of drug-likeness (QED) is 0.637. The van der Waals surface area contributed by atoms with Crippen molar-refractivity contribution < 1.29 is 13.2 Å². The maximum Gasteiger partial charge on any atom is 0.241 e. The molecule has 2 N–H and O–H groups in total. The molecule has 0 bridgehead atoms. The molecular formula is C14H10BrCl3N2O3S. The van der Waals surface area contributed by atoms with Gasteiger partial charge < -0.3 is 5.32 Å². The Balaban J connectivity index is 2.03. The van der Waals surface area contributed by atoms with E-state index in [-0.39, 0.29) is 25.7 Å². The third kappa shape index (κ3) is 5.08. The van der Waals surface area contributed by atoms with Gasteiger partial charge in [0.2, 0.25) is 15.9 Å². The van der Waals surface area contributed by atoms with E-state index >= 15 is 0 Å². The first-order chi connectivity index (χ1) is 11.2. The van der Waals surface area contributed by atoms with E-state index in [0.717, 1.165) is 4.47 Å². The van der Waals surface area contributed by atoms with Gasteiger partial charge in [0.15, 0.2) is 0 Å². The number of carbonyl (C=O) groups is 1. The fraction of sp³-hybridized carbons (Fsp3) is 0.0714. The monoisotopic (exact) mass is 470 g/mol. The van der Waals surface area contributed by atoms with Gasteiger partial charge in [-0.15, -0.1) is 0 Å². The Morgan fingerprint density at radius 1 is 1.00 bits per heavy atom. The van der Waals surface area contributed by atoms with Crippen LogP contribution in [0.25, 0.3) is 0 Å². The molecule has 0 aliphatic rings. The molecule has 0 heterocycles. The molecule has 1 amide bonds. The highest BCUT2D eigenvalue weighted by Gasteiger charge is 2.16. The molecule has 0 saturated heterocycles. The molecule has 128 valence electrons. The van der Waals surface area contributed by atoms with Crippen LogP contribution in [0.5, 0.6) is 0 Å². The normalized spacial score (nSPS) is 11.3. The summed E-state index contributed by atoms with van der Waals surface area (Å²) in [5, 5.41) is 3.11. The van der Waals surface area contributed by atoms with Crippen LogP contribution in [-0.4, -0.2) is 20.9 Å². The lowest BCUT2D eigenvalue weighted by Gasteiger charge is -2.10. The summed E-state index contributed by atoms with van der Waals surface area (Å²) in [5.41, 5.74) is 0.235. The predicted octanol–water partition coefficient (Wildman–Crippen LogP) is 4.33. The lowest BCUT2D eigenvalue weighted by Crippen LogP contribution is -2.32. The van der Waals surface area contributed by atoms with E-state index in [0.29, 0.717) is 0 Å². The van der Waals surface area contributed by atoms with Gasteiger partial charge in [0.05, 0.1) is 32.2 Å². The number of carbonyl (C=O) groups excluding carboxylic acids is 1. The summed E-state index contributed by atoms with van der Waals surface area (Å²) in [5.74, 6) is -0.601. The average Bonchev–Trinajstić information content (AvgIpc) is 2.51. The Morgan fingerprint density at radius 2 is 1.58 bits per heavy atom. The van der Waals surface area contributed by atoms with E-state index in [1.807, 2.05) is 0 Å². The minimum absolute atomic E-state index is 0.0473. The molecule has 2 aromatic carbocycles. The van der Waals surface area contributed by atoms with E-state index < -0.39 is 22.5 Å². The summed E-state index contributed by atoms with van der Waals surface area (Å²) in [4.78, 5) is 12.0. The zero-order valence-corrected chi connectivity index (χ0v) is 16.5. The van der Waals surface area contributed by atoms with Crippen LogP contribution in [0.2, 0.25) is 15.1 Å². The minimum atomic E-state index is -3.80. The van der Waals surface area contributed by atoms with Crippen LogP contribution in [0.3, 0.4) is 0 Å². The molecular weight excluding hydrogens is 462 g/mol. The van der Waals surface area contributed by atoms with E-state index in [2.05, 4.69) is 26.0 Å². The van der Waals surface area contributed by atoms with Gasteiger partial charge in [-0.1, -0.05) is 50.7 Å². The van der Waals surface area contributed by atoms with Crippen molar-refractivity contribution in [1.29, 1.82) is 0 Å². The van der Waals surface area contributed by atoms with Crippen molar-refractivity contribution in [2.75, 3.05) is 11.9 Å². The van der Waals surface area contributed by atoms with E-state index in [9.17, 15) is 13.2 Å². The molecule has 5 nitrogen and oxygen atoms in total. The Morgan fingerprint density at radius 3 is 2.21 bits per heavy atom. The van der Waals surface area contributed by atoms with Crippen LogP contribution in [-0.2, 0) is 14.8 Å². The van der Waals surface area contributed by atoms with Crippen molar-refractivity contribution in [3.8, 4) is 0 Å². The number of sulfonamides is 1. The first-order valence-electron chi connectivity index (χ1n) is 6.38. The number of benzene rings is 2. The molecule has 2 rings (SSSR count). The molecule has 0 aromatic heterocycles. The van der Waals surface area contributed by atoms with Gasteiger partial charge in [-0.25, -0.2) is 13.1 Å². The first kappa shape index (κ1) is 19.5. The third-order valence-corrected chi connectivity index (χ3v) is 5.81. The molecule has 24 heavy (non-hydrogen) atoms. The van der Waals surface area contributed by atoms with Crippen molar-refractivity contribution >= 4 is 72.4 Å². The molecule has 0 radical (unpaired) electrons.